The summed E-state index contributed by atoms with van der Waals surface area (Å²) in [5.74, 6) is 0.00771. The van der Waals surface area contributed by atoms with E-state index >= 15 is 0 Å². The van der Waals surface area contributed by atoms with Gasteiger partial charge in [-0.05, 0) is 75.1 Å². The van der Waals surface area contributed by atoms with Crippen LogP contribution in [-0.4, -0.2) is 47.9 Å². The molecule has 0 bridgehead atoms. The Morgan fingerprint density at radius 2 is 1.90 bits per heavy atom. The first-order chi connectivity index (χ1) is 14.4. The van der Waals surface area contributed by atoms with E-state index < -0.39 is 11.6 Å². The number of imide groups is 1. The van der Waals surface area contributed by atoms with Gasteiger partial charge in [0.05, 0.1) is 0 Å². The number of hydrogen-bond donors (Lipinski definition) is 2. The van der Waals surface area contributed by atoms with Gasteiger partial charge in [-0.3, -0.25) is 14.5 Å². The van der Waals surface area contributed by atoms with E-state index in [1.54, 1.807) is 0 Å². The van der Waals surface area contributed by atoms with Gasteiger partial charge < -0.3 is 15.5 Å². The zero-order chi connectivity index (χ0) is 21.3. The first-order valence-corrected chi connectivity index (χ1v) is 11.2. The predicted octanol–water partition coefficient (Wildman–Crippen LogP) is 3.42. The Bertz CT molecular complexity index is 839. The Balaban J connectivity index is 1.37. The molecular weight excluding hydrogens is 380 g/mol. The van der Waals surface area contributed by atoms with Crippen LogP contribution in [0.5, 0.6) is 0 Å². The second-order valence-electron chi connectivity index (χ2n) is 9.00. The molecule has 2 N–H and O–H groups in total. The number of nitrogens with zero attached hydrogens (tertiary/aromatic N) is 2. The molecule has 1 spiro atoms. The van der Waals surface area contributed by atoms with E-state index in [0.717, 1.165) is 42.8 Å². The maximum atomic E-state index is 13.0. The lowest BCUT2D eigenvalue weighted by molar-refractivity contribution is -0.135. The number of carbonyl (C=O) groups is 3. The summed E-state index contributed by atoms with van der Waals surface area (Å²) >= 11 is 0. The number of amides is 4. The highest BCUT2D eigenvalue weighted by molar-refractivity contribution is 6.10. The summed E-state index contributed by atoms with van der Waals surface area (Å²) in [4.78, 5) is 41.5. The number of benzene rings is 1. The number of anilines is 2. The van der Waals surface area contributed by atoms with E-state index in [1.807, 2.05) is 25.1 Å². The van der Waals surface area contributed by atoms with E-state index in [0.29, 0.717) is 24.4 Å². The van der Waals surface area contributed by atoms with Crippen molar-refractivity contribution in [2.24, 2.45) is 5.92 Å². The minimum atomic E-state index is -0.809. The molecule has 162 valence electrons. The molecule has 30 heavy (non-hydrogen) atoms. The third-order valence-corrected chi connectivity index (χ3v) is 7.01. The van der Waals surface area contributed by atoms with Gasteiger partial charge in [0.2, 0.25) is 5.91 Å². The molecule has 0 radical (unpaired) electrons. The van der Waals surface area contributed by atoms with E-state index in [2.05, 4.69) is 22.5 Å². The number of hydrogen-bond acceptors (Lipinski definition) is 4. The van der Waals surface area contributed by atoms with Crippen molar-refractivity contribution in [3.63, 3.8) is 0 Å². The van der Waals surface area contributed by atoms with Crippen LogP contribution in [0.25, 0.3) is 0 Å². The summed E-state index contributed by atoms with van der Waals surface area (Å²) in [5.41, 5.74) is 2.18. The lowest BCUT2D eigenvalue weighted by Crippen LogP contribution is -2.49. The van der Waals surface area contributed by atoms with Gasteiger partial charge in [-0.15, -0.1) is 0 Å². The van der Waals surface area contributed by atoms with Crippen LogP contribution in [0.4, 0.5) is 16.2 Å². The molecule has 1 saturated carbocycles. The molecule has 2 aliphatic heterocycles. The molecule has 0 unspecified atom stereocenters. The minimum absolute atomic E-state index is 0.252. The summed E-state index contributed by atoms with van der Waals surface area (Å²) in [6.07, 6.45) is 6.71. The molecule has 7 heteroatoms. The van der Waals surface area contributed by atoms with Crippen molar-refractivity contribution in [1.82, 2.24) is 10.2 Å². The third-order valence-electron chi connectivity index (χ3n) is 7.01. The zero-order valence-electron chi connectivity index (χ0n) is 18.0. The van der Waals surface area contributed by atoms with E-state index in [4.69, 9.17) is 0 Å². The van der Waals surface area contributed by atoms with Crippen LogP contribution >= 0.6 is 0 Å². The Kier molecular flexibility index (Phi) is 5.71. The quantitative estimate of drug-likeness (QED) is 0.726. The summed E-state index contributed by atoms with van der Waals surface area (Å²) in [6.45, 7) is 6.08. The fourth-order valence-electron chi connectivity index (χ4n) is 5.13. The fraction of sp³-hybridized carbons (Fsp3) is 0.609. The van der Waals surface area contributed by atoms with Gasteiger partial charge in [0.25, 0.3) is 5.91 Å². The molecule has 1 aromatic carbocycles. The van der Waals surface area contributed by atoms with Gasteiger partial charge in [-0.25, -0.2) is 4.79 Å². The summed E-state index contributed by atoms with van der Waals surface area (Å²) < 4.78 is 0. The third kappa shape index (κ3) is 3.89. The number of aryl methyl sites for hydroxylation is 1. The van der Waals surface area contributed by atoms with Gasteiger partial charge in [-0.2, -0.15) is 0 Å². The van der Waals surface area contributed by atoms with Crippen LogP contribution < -0.4 is 15.5 Å². The lowest BCUT2D eigenvalue weighted by Gasteiger charge is -2.34. The number of urea groups is 1. The van der Waals surface area contributed by atoms with Crippen molar-refractivity contribution in [2.45, 2.75) is 64.3 Å². The Hall–Kier alpha value is -2.57. The molecule has 4 rings (SSSR count). The Labute approximate surface area is 178 Å². The molecule has 3 fully saturated rings. The second kappa shape index (κ2) is 8.28. The van der Waals surface area contributed by atoms with Crippen molar-refractivity contribution in [1.29, 1.82) is 0 Å². The van der Waals surface area contributed by atoms with Crippen molar-refractivity contribution in [3.05, 3.63) is 23.8 Å². The first kappa shape index (κ1) is 20.7. The lowest BCUT2D eigenvalue weighted by atomic mass is 9.75. The van der Waals surface area contributed by atoms with Crippen LogP contribution in [0.1, 0.15) is 57.4 Å². The highest BCUT2D eigenvalue weighted by Gasteiger charge is 2.52. The van der Waals surface area contributed by atoms with Crippen molar-refractivity contribution in [3.8, 4) is 0 Å². The molecule has 0 atom stereocenters. The normalized spacial score (nSPS) is 26.4. The van der Waals surface area contributed by atoms with E-state index in [9.17, 15) is 14.4 Å². The SMILES string of the molecule is CCC1CCC2(CC1)NC(=O)N(CC(=O)Nc1ccc(N3CCCC3)c(C)c1)C2=O. The highest BCUT2D eigenvalue weighted by Crippen LogP contribution is 2.37. The summed E-state index contributed by atoms with van der Waals surface area (Å²) in [5, 5.41) is 5.73. The number of nitrogens with one attached hydrogen (secondary N) is 2. The molecule has 1 aliphatic carbocycles. The van der Waals surface area contributed by atoms with Gasteiger partial charge in [-0.1, -0.05) is 13.3 Å². The zero-order valence-corrected chi connectivity index (χ0v) is 18.0. The average Bonchev–Trinajstić information content (AvgIpc) is 3.33. The standard InChI is InChI=1S/C23H32N4O3/c1-3-17-8-10-23(11-9-17)21(29)27(22(30)25-23)15-20(28)24-18-6-7-19(16(2)14-18)26-12-4-5-13-26/h6-7,14,17H,3-5,8-13,15H2,1-2H3,(H,24,28)(H,25,30). The van der Waals surface area contributed by atoms with Crippen LogP contribution in [-0.2, 0) is 9.59 Å². The van der Waals surface area contributed by atoms with Crippen LogP contribution in [0.2, 0.25) is 0 Å². The predicted molar refractivity (Wildman–Crippen MR) is 116 cm³/mol. The topological polar surface area (TPSA) is 81.8 Å². The van der Waals surface area contributed by atoms with Crippen molar-refractivity contribution >= 4 is 29.2 Å². The Morgan fingerprint density at radius 3 is 2.53 bits per heavy atom. The van der Waals surface area contributed by atoms with Gasteiger partial charge in [0.1, 0.15) is 12.1 Å². The van der Waals surface area contributed by atoms with Crippen molar-refractivity contribution in [2.75, 3.05) is 29.9 Å². The van der Waals surface area contributed by atoms with Crippen LogP contribution in [0.3, 0.4) is 0 Å². The maximum Gasteiger partial charge on any atom is 0.325 e. The van der Waals surface area contributed by atoms with E-state index in [-0.39, 0.29) is 18.4 Å². The molecule has 7 nitrogen and oxygen atoms in total. The molecule has 2 saturated heterocycles. The van der Waals surface area contributed by atoms with Crippen LogP contribution in [0, 0.1) is 12.8 Å². The van der Waals surface area contributed by atoms with Gasteiger partial charge >= 0.3 is 6.03 Å². The van der Waals surface area contributed by atoms with Crippen LogP contribution in [0.15, 0.2) is 18.2 Å². The highest BCUT2D eigenvalue weighted by atomic mass is 16.2. The minimum Gasteiger partial charge on any atom is -0.371 e. The number of rotatable bonds is 5. The molecule has 1 aromatic rings. The fourth-order valence-corrected chi connectivity index (χ4v) is 5.13. The van der Waals surface area contributed by atoms with Crippen molar-refractivity contribution < 1.29 is 14.4 Å². The second-order valence-corrected chi connectivity index (χ2v) is 9.00. The Morgan fingerprint density at radius 1 is 1.20 bits per heavy atom. The molecule has 3 aliphatic rings. The monoisotopic (exact) mass is 412 g/mol. The first-order valence-electron chi connectivity index (χ1n) is 11.2. The molecule has 4 amide bonds. The average molecular weight is 413 g/mol. The van der Waals surface area contributed by atoms with Gasteiger partial charge in [0, 0.05) is 24.5 Å². The smallest absolute Gasteiger partial charge is 0.325 e. The molecule has 0 aromatic heterocycles. The summed E-state index contributed by atoms with van der Waals surface area (Å²) in [7, 11) is 0. The van der Waals surface area contributed by atoms with E-state index in [1.165, 1.54) is 18.5 Å². The summed E-state index contributed by atoms with van der Waals surface area (Å²) in [6, 6.07) is 5.42. The van der Waals surface area contributed by atoms with Gasteiger partial charge in [0.15, 0.2) is 0 Å². The maximum absolute atomic E-state index is 13.0. The molecule has 2 heterocycles. The number of carbonyl (C=O) groups excluding carboxylic acids is 3. The molecular formula is C23H32N4O3. The largest absolute Gasteiger partial charge is 0.371 e.